The standard InChI is InChI=1S/C28H37ClN2O5S/c1-6-15-30(19-12-10-9-11-18(19)29)25(34)23-28-14-13-27(5,37-28)22(26(35)36-8-3)21(28)24(33)31(23)20(16-32)17(4)7-2/h6,9-12,17,20-23,32H,1,7-8,13-16H2,2-5H3/t17-,20-,21-,22-,23?,27+,28?/m0/s1. The molecule has 1 aromatic rings. The molecule has 202 valence electrons. The molecule has 3 saturated heterocycles. The molecule has 0 aliphatic carbocycles. The van der Waals surface area contributed by atoms with E-state index >= 15 is 0 Å². The lowest BCUT2D eigenvalue weighted by atomic mass is 9.66. The van der Waals surface area contributed by atoms with Gasteiger partial charge in [-0.3, -0.25) is 14.4 Å². The summed E-state index contributed by atoms with van der Waals surface area (Å²) < 4.78 is 4.15. The van der Waals surface area contributed by atoms with Gasteiger partial charge in [-0.2, -0.15) is 0 Å². The molecule has 4 rings (SSSR count). The number of aliphatic hydroxyl groups is 1. The van der Waals surface area contributed by atoms with E-state index in [1.54, 1.807) is 52.8 Å². The van der Waals surface area contributed by atoms with Crippen LogP contribution in [0.15, 0.2) is 36.9 Å². The van der Waals surface area contributed by atoms with E-state index in [2.05, 4.69) is 6.58 Å². The molecule has 0 saturated carbocycles. The molecular weight excluding hydrogens is 512 g/mol. The fraction of sp³-hybridized carbons (Fsp3) is 0.607. The fourth-order valence-electron chi connectivity index (χ4n) is 6.66. The topological polar surface area (TPSA) is 87.2 Å². The minimum Gasteiger partial charge on any atom is -0.466 e. The van der Waals surface area contributed by atoms with Gasteiger partial charge < -0.3 is 19.6 Å². The van der Waals surface area contributed by atoms with Crippen molar-refractivity contribution in [1.29, 1.82) is 0 Å². The van der Waals surface area contributed by atoms with Crippen LogP contribution in [0.2, 0.25) is 5.02 Å². The minimum absolute atomic E-state index is 0.0496. The summed E-state index contributed by atoms with van der Waals surface area (Å²) in [5, 5.41) is 10.9. The van der Waals surface area contributed by atoms with Crippen molar-refractivity contribution in [1.82, 2.24) is 4.90 Å². The summed E-state index contributed by atoms with van der Waals surface area (Å²) in [7, 11) is 0. The Kier molecular flexibility index (Phi) is 8.03. The normalized spacial score (nSPS) is 31.7. The number of rotatable bonds is 10. The summed E-state index contributed by atoms with van der Waals surface area (Å²) in [4.78, 5) is 45.4. The largest absolute Gasteiger partial charge is 0.466 e. The zero-order valence-corrected chi connectivity index (χ0v) is 23.6. The van der Waals surface area contributed by atoms with Crippen molar-refractivity contribution in [2.45, 2.75) is 68.5 Å². The van der Waals surface area contributed by atoms with Gasteiger partial charge in [0.05, 0.1) is 46.5 Å². The van der Waals surface area contributed by atoms with Gasteiger partial charge in [-0.15, -0.1) is 18.3 Å². The second kappa shape index (κ2) is 10.6. The Morgan fingerprint density at radius 1 is 1.35 bits per heavy atom. The Hall–Kier alpha value is -2.03. The fourth-order valence-corrected chi connectivity index (χ4v) is 9.22. The number of hydrogen-bond acceptors (Lipinski definition) is 6. The molecule has 3 heterocycles. The highest BCUT2D eigenvalue weighted by atomic mass is 35.5. The summed E-state index contributed by atoms with van der Waals surface area (Å²) in [5.74, 6) is -2.30. The van der Waals surface area contributed by atoms with Crippen molar-refractivity contribution in [2.24, 2.45) is 17.8 Å². The van der Waals surface area contributed by atoms with Crippen molar-refractivity contribution in [3.8, 4) is 0 Å². The Morgan fingerprint density at radius 2 is 2.05 bits per heavy atom. The van der Waals surface area contributed by atoms with Crippen molar-refractivity contribution in [2.75, 3.05) is 24.7 Å². The summed E-state index contributed by atoms with van der Waals surface area (Å²) in [6, 6.07) is 5.69. The van der Waals surface area contributed by atoms with Crippen LogP contribution in [0.1, 0.15) is 47.0 Å². The molecule has 2 bridgehead atoms. The lowest BCUT2D eigenvalue weighted by Gasteiger charge is -2.41. The molecule has 0 aromatic heterocycles. The second-order valence-corrected chi connectivity index (χ2v) is 12.9. The first kappa shape index (κ1) is 28.0. The third-order valence-corrected chi connectivity index (χ3v) is 10.9. The van der Waals surface area contributed by atoms with Gasteiger partial charge in [0, 0.05) is 11.3 Å². The molecule has 0 radical (unpaired) electrons. The highest BCUT2D eigenvalue weighted by Crippen LogP contribution is 2.72. The maximum Gasteiger partial charge on any atom is 0.311 e. The number of carbonyl (C=O) groups is 3. The quantitative estimate of drug-likeness (QED) is 0.346. The Labute approximate surface area is 228 Å². The van der Waals surface area contributed by atoms with E-state index in [1.807, 2.05) is 26.8 Å². The van der Waals surface area contributed by atoms with Gasteiger partial charge in [-0.25, -0.2) is 0 Å². The van der Waals surface area contributed by atoms with E-state index in [1.165, 1.54) is 0 Å². The monoisotopic (exact) mass is 548 g/mol. The number of para-hydroxylation sites is 1. The molecular formula is C28H37ClN2O5S. The van der Waals surface area contributed by atoms with Gasteiger partial charge in [-0.05, 0) is 44.7 Å². The maximum atomic E-state index is 14.6. The van der Waals surface area contributed by atoms with E-state index < -0.39 is 33.4 Å². The average Bonchev–Trinajstić information content (AvgIpc) is 3.44. The summed E-state index contributed by atoms with van der Waals surface area (Å²) in [6.45, 7) is 11.8. The predicted octanol–water partition coefficient (Wildman–Crippen LogP) is 4.31. The number of anilines is 1. The number of hydrogen-bond donors (Lipinski definition) is 1. The van der Waals surface area contributed by atoms with Gasteiger partial charge in [0.2, 0.25) is 5.91 Å². The zero-order chi connectivity index (χ0) is 27.1. The van der Waals surface area contributed by atoms with Crippen LogP contribution >= 0.6 is 23.4 Å². The van der Waals surface area contributed by atoms with Crippen LogP contribution in [0.5, 0.6) is 0 Å². The van der Waals surface area contributed by atoms with Gasteiger partial charge in [0.15, 0.2) is 0 Å². The van der Waals surface area contributed by atoms with Crippen molar-refractivity contribution < 1.29 is 24.2 Å². The molecule has 2 unspecified atom stereocenters. The average molecular weight is 549 g/mol. The van der Waals surface area contributed by atoms with E-state index in [9.17, 15) is 19.5 Å². The van der Waals surface area contributed by atoms with Gasteiger partial charge in [0.1, 0.15) is 6.04 Å². The zero-order valence-electron chi connectivity index (χ0n) is 22.0. The first-order valence-electron chi connectivity index (χ1n) is 13.1. The lowest BCUT2D eigenvalue weighted by Crippen LogP contribution is -2.58. The van der Waals surface area contributed by atoms with Gasteiger partial charge in [0.25, 0.3) is 5.91 Å². The molecule has 1 N–H and O–H groups in total. The number of aliphatic hydroxyl groups excluding tert-OH is 1. The van der Waals surface area contributed by atoms with Crippen LogP contribution in [-0.2, 0) is 19.1 Å². The predicted molar refractivity (Wildman–Crippen MR) is 147 cm³/mol. The third-order valence-electron chi connectivity index (χ3n) is 8.56. The summed E-state index contributed by atoms with van der Waals surface area (Å²) in [6.07, 6.45) is 3.68. The summed E-state index contributed by atoms with van der Waals surface area (Å²) >= 11 is 8.12. The number of likely N-dealkylation sites (tertiary alicyclic amines) is 1. The molecule has 7 atom stereocenters. The van der Waals surface area contributed by atoms with Crippen molar-refractivity contribution >= 4 is 46.8 Å². The van der Waals surface area contributed by atoms with Crippen LogP contribution in [0.25, 0.3) is 0 Å². The third kappa shape index (κ3) is 4.29. The van der Waals surface area contributed by atoms with Crippen LogP contribution in [-0.4, -0.2) is 69.1 Å². The Bertz CT molecular complexity index is 1080. The molecule has 9 heteroatoms. The van der Waals surface area contributed by atoms with E-state index in [4.69, 9.17) is 16.3 Å². The first-order chi connectivity index (χ1) is 17.6. The Morgan fingerprint density at radius 3 is 2.65 bits per heavy atom. The second-order valence-electron chi connectivity index (χ2n) is 10.5. The number of thioether (sulfide) groups is 1. The molecule has 1 aromatic carbocycles. The van der Waals surface area contributed by atoms with E-state index in [0.29, 0.717) is 23.6 Å². The van der Waals surface area contributed by atoms with E-state index in [0.717, 1.165) is 6.42 Å². The van der Waals surface area contributed by atoms with Gasteiger partial charge in [-0.1, -0.05) is 50.1 Å². The van der Waals surface area contributed by atoms with Crippen molar-refractivity contribution in [3.05, 3.63) is 41.9 Å². The Balaban J connectivity index is 1.88. The number of carbonyl (C=O) groups excluding carboxylic acids is 3. The molecule has 1 spiro atoms. The van der Waals surface area contributed by atoms with Crippen LogP contribution < -0.4 is 4.90 Å². The summed E-state index contributed by atoms with van der Waals surface area (Å²) in [5.41, 5.74) is 0.538. The molecule has 37 heavy (non-hydrogen) atoms. The SMILES string of the molecule is C=CCN(C(=O)C1N([C@@H](CO)[C@@H](C)CC)C(=O)[C@@H]2[C@@H](C(=O)OCC)[C@@]3(C)CCC12S3)c1ccccc1Cl. The number of halogens is 1. The van der Waals surface area contributed by atoms with Crippen LogP contribution in [0.3, 0.4) is 0 Å². The molecule has 3 aliphatic heterocycles. The lowest BCUT2D eigenvalue weighted by molar-refractivity contribution is -0.155. The van der Waals surface area contributed by atoms with Crippen LogP contribution in [0.4, 0.5) is 5.69 Å². The number of benzene rings is 1. The minimum atomic E-state index is -0.862. The van der Waals surface area contributed by atoms with Crippen LogP contribution in [0, 0.1) is 17.8 Å². The highest BCUT2D eigenvalue weighted by molar-refractivity contribution is 8.02. The van der Waals surface area contributed by atoms with Crippen molar-refractivity contribution in [3.63, 3.8) is 0 Å². The molecule has 7 nitrogen and oxygen atoms in total. The first-order valence-corrected chi connectivity index (χ1v) is 14.3. The molecule has 2 amide bonds. The highest BCUT2D eigenvalue weighted by Gasteiger charge is 2.78. The van der Waals surface area contributed by atoms with Gasteiger partial charge >= 0.3 is 5.97 Å². The van der Waals surface area contributed by atoms with E-state index in [-0.39, 0.29) is 43.5 Å². The smallest absolute Gasteiger partial charge is 0.311 e. The number of esters is 1. The maximum absolute atomic E-state index is 14.6. The number of nitrogens with zero attached hydrogens (tertiary/aromatic N) is 2. The number of ether oxygens (including phenoxy) is 1. The molecule has 3 fully saturated rings. The number of fused-ring (bicyclic) bond motifs is 1. The number of amides is 2. The molecule has 3 aliphatic rings.